The summed E-state index contributed by atoms with van der Waals surface area (Å²) in [7, 11) is 0. The molecule has 3 heterocycles. The van der Waals surface area contributed by atoms with E-state index >= 15 is 0 Å². The highest BCUT2D eigenvalue weighted by Crippen LogP contribution is 2.23. The second-order valence-corrected chi connectivity index (χ2v) is 4.91. The first-order valence-corrected chi connectivity index (χ1v) is 6.35. The molecule has 2 aromatic rings. The normalized spacial score (nSPS) is 15.5. The number of thiophene rings is 1. The van der Waals surface area contributed by atoms with E-state index in [1.54, 1.807) is 11.3 Å². The third-order valence-corrected chi connectivity index (χ3v) is 3.67. The average molecular weight is 245 g/mol. The fraction of sp³-hybridized carbons (Fsp3) is 0.250. The van der Waals surface area contributed by atoms with Crippen LogP contribution >= 0.6 is 11.3 Å². The summed E-state index contributed by atoms with van der Waals surface area (Å²) in [6.07, 6.45) is 0.619. The zero-order valence-corrected chi connectivity index (χ0v) is 9.98. The summed E-state index contributed by atoms with van der Waals surface area (Å²) >= 11 is 1.64. The van der Waals surface area contributed by atoms with Crippen LogP contribution in [0.25, 0.3) is 10.6 Å². The molecule has 1 aliphatic heterocycles. The number of anilines is 1. The van der Waals surface area contributed by atoms with Crippen molar-refractivity contribution in [1.29, 1.82) is 0 Å². The van der Waals surface area contributed by atoms with Crippen LogP contribution < -0.4 is 4.90 Å². The van der Waals surface area contributed by atoms with Crippen LogP contribution in [-0.4, -0.2) is 29.1 Å². The van der Waals surface area contributed by atoms with Crippen molar-refractivity contribution in [3.8, 4) is 10.6 Å². The van der Waals surface area contributed by atoms with Crippen molar-refractivity contribution in [3.63, 3.8) is 0 Å². The molecule has 0 spiro atoms. The van der Waals surface area contributed by atoms with Gasteiger partial charge in [0.1, 0.15) is 5.69 Å². The number of carbonyl (C=O) groups excluding carboxylic acids is 1. The van der Waals surface area contributed by atoms with Crippen molar-refractivity contribution in [2.45, 2.75) is 6.42 Å². The first-order valence-electron chi connectivity index (χ1n) is 5.47. The molecule has 1 saturated heterocycles. The van der Waals surface area contributed by atoms with Gasteiger partial charge in [-0.3, -0.25) is 4.79 Å². The molecule has 0 aromatic carbocycles. The van der Waals surface area contributed by atoms with Gasteiger partial charge < -0.3 is 4.90 Å². The first kappa shape index (κ1) is 10.4. The zero-order valence-electron chi connectivity index (χ0n) is 9.17. The second-order valence-electron chi connectivity index (χ2n) is 3.96. The van der Waals surface area contributed by atoms with Gasteiger partial charge in [0.2, 0.25) is 0 Å². The minimum absolute atomic E-state index is 0.272. The lowest BCUT2D eigenvalue weighted by Gasteiger charge is -2.13. The molecule has 0 atom stereocenters. The van der Waals surface area contributed by atoms with E-state index in [0.717, 1.165) is 22.9 Å². The summed E-state index contributed by atoms with van der Waals surface area (Å²) in [5, 5.41) is 10.4. The van der Waals surface area contributed by atoms with Crippen LogP contribution in [0, 0.1) is 0 Å². The fourth-order valence-corrected chi connectivity index (χ4v) is 2.57. The van der Waals surface area contributed by atoms with Gasteiger partial charge in [0, 0.05) is 13.0 Å². The maximum absolute atomic E-state index is 11.2. The van der Waals surface area contributed by atoms with E-state index in [1.807, 2.05) is 34.5 Å². The number of hydrogen-bond acceptors (Lipinski definition) is 5. The van der Waals surface area contributed by atoms with Crippen LogP contribution in [0.1, 0.15) is 6.42 Å². The largest absolute Gasteiger partial charge is 0.347 e. The highest BCUT2D eigenvalue weighted by Gasteiger charge is 2.20. The van der Waals surface area contributed by atoms with Crippen molar-refractivity contribution in [2.75, 3.05) is 18.0 Å². The quantitative estimate of drug-likeness (QED) is 0.811. The molecule has 2 aromatic heterocycles. The van der Waals surface area contributed by atoms with Gasteiger partial charge in [-0.05, 0) is 23.6 Å². The molecule has 0 N–H and O–H groups in total. The van der Waals surface area contributed by atoms with E-state index in [-0.39, 0.29) is 5.78 Å². The molecule has 3 rings (SSSR count). The van der Waals surface area contributed by atoms with E-state index in [0.29, 0.717) is 13.0 Å². The molecular formula is C12H11N3OS. The lowest BCUT2D eigenvalue weighted by atomic mass is 10.3. The monoisotopic (exact) mass is 245 g/mol. The van der Waals surface area contributed by atoms with Crippen LogP contribution in [0.4, 0.5) is 5.82 Å². The van der Waals surface area contributed by atoms with Crippen LogP contribution in [0.5, 0.6) is 0 Å². The molecule has 0 amide bonds. The van der Waals surface area contributed by atoms with Crippen LogP contribution in [0.3, 0.4) is 0 Å². The molecule has 0 saturated carbocycles. The Morgan fingerprint density at radius 1 is 1.24 bits per heavy atom. The van der Waals surface area contributed by atoms with Crippen LogP contribution in [0.15, 0.2) is 29.6 Å². The van der Waals surface area contributed by atoms with Crippen LogP contribution in [0.2, 0.25) is 0 Å². The van der Waals surface area contributed by atoms with Crippen molar-refractivity contribution in [3.05, 3.63) is 29.6 Å². The Morgan fingerprint density at radius 2 is 2.18 bits per heavy atom. The molecule has 4 nitrogen and oxygen atoms in total. The van der Waals surface area contributed by atoms with Gasteiger partial charge in [-0.15, -0.1) is 21.5 Å². The minimum atomic E-state index is 0.272. The number of nitrogens with zero attached hydrogens (tertiary/aromatic N) is 3. The summed E-state index contributed by atoms with van der Waals surface area (Å²) in [6, 6.07) is 7.90. The summed E-state index contributed by atoms with van der Waals surface area (Å²) < 4.78 is 0. The lowest BCUT2D eigenvalue weighted by Crippen LogP contribution is -2.20. The average Bonchev–Trinajstić information content (AvgIpc) is 3.00. The summed E-state index contributed by atoms with van der Waals surface area (Å²) in [5.41, 5.74) is 0.884. The number of Topliss-reactive ketones (excluding diaryl/α,β-unsaturated/α-hetero) is 1. The molecular weight excluding hydrogens is 234 g/mol. The van der Waals surface area contributed by atoms with Crippen molar-refractivity contribution in [2.24, 2.45) is 0 Å². The molecule has 17 heavy (non-hydrogen) atoms. The summed E-state index contributed by atoms with van der Waals surface area (Å²) in [6.45, 7) is 1.22. The maximum Gasteiger partial charge on any atom is 0.153 e. The summed E-state index contributed by atoms with van der Waals surface area (Å²) in [5.74, 6) is 1.06. The topological polar surface area (TPSA) is 46.1 Å². The fourth-order valence-electron chi connectivity index (χ4n) is 1.88. The molecule has 0 unspecified atom stereocenters. The predicted molar refractivity (Wildman–Crippen MR) is 67.2 cm³/mol. The van der Waals surface area contributed by atoms with Gasteiger partial charge in [0.25, 0.3) is 0 Å². The van der Waals surface area contributed by atoms with Gasteiger partial charge in [-0.2, -0.15) is 0 Å². The molecule has 86 valence electrons. The van der Waals surface area contributed by atoms with Gasteiger partial charge in [-0.1, -0.05) is 6.07 Å². The molecule has 0 radical (unpaired) electrons. The highest BCUT2D eigenvalue weighted by atomic mass is 32.1. The Kier molecular flexibility index (Phi) is 2.60. The Bertz CT molecular complexity index is 521. The maximum atomic E-state index is 11.2. The smallest absolute Gasteiger partial charge is 0.153 e. The molecule has 1 aliphatic rings. The number of rotatable bonds is 2. The standard InChI is InChI=1S/C12H11N3OS/c16-9-5-6-15(8-9)12-4-3-10(13-14-12)11-2-1-7-17-11/h1-4,7H,5-6,8H2. The second kappa shape index (κ2) is 4.25. The van der Waals surface area contributed by atoms with Crippen molar-refractivity contribution in [1.82, 2.24) is 10.2 Å². The van der Waals surface area contributed by atoms with Crippen molar-refractivity contribution >= 4 is 22.9 Å². The predicted octanol–water partition coefficient (Wildman–Crippen LogP) is 1.98. The van der Waals surface area contributed by atoms with Gasteiger partial charge in [0.05, 0.1) is 11.4 Å². The molecule has 5 heteroatoms. The van der Waals surface area contributed by atoms with Crippen molar-refractivity contribution < 1.29 is 4.79 Å². The third kappa shape index (κ3) is 2.06. The number of hydrogen-bond donors (Lipinski definition) is 0. The van der Waals surface area contributed by atoms with E-state index in [9.17, 15) is 4.79 Å². The van der Waals surface area contributed by atoms with Crippen LogP contribution in [-0.2, 0) is 4.79 Å². The van der Waals surface area contributed by atoms with E-state index in [2.05, 4.69) is 10.2 Å². The summed E-state index contributed by atoms with van der Waals surface area (Å²) in [4.78, 5) is 14.3. The Balaban J connectivity index is 1.83. The zero-order chi connectivity index (χ0) is 11.7. The number of ketones is 1. The third-order valence-electron chi connectivity index (χ3n) is 2.78. The minimum Gasteiger partial charge on any atom is -0.347 e. The van der Waals surface area contributed by atoms with E-state index < -0.39 is 0 Å². The first-order chi connectivity index (χ1) is 8.33. The Labute approximate surface area is 103 Å². The number of carbonyl (C=O) groups is 1. The van der Waals surface area contributed by atoms with Gasteiger partial charge in [0.15, 0.2) is 11.6 Å². The molecule has 1 fully saturated rings. The van der Waals surface area contributed by atoms with E-state index in [1.165, 1.54) is 0 Å². The van der Waals surface area contributed by atoms with Gasteiger partial charge in [-0.25, -0.2) is 0 Å². The SMILES string of the molecule is O=C1CCN(c2ccc(-c3cccs3)nn2)C1. The van der Waals surface area contributed by atoms with Gasteiger partial charge >= 0.3 is 0 Å². The number of aromatic nitrogens is 2. The van der Waals surface area contributed by atoms with E-state index in [4.69, 9.17) is 0 Å². The Morgan fingerprint density at radius 3 is 2.76 bits per heavy atom. The Hall–Kier alpha value is -1.75. The molecule has 0 bridgehead atoms. The molecule has 0 aliphatic carbocycles. The highest BCUT2D eigenvalue weighted by molar-refractivity contribution is 7.13. The lowest BCUT2D eigenvalue weighted by molar-refractivity contribution is -0.116.